The van der Waals surface area contributed by atoms with Gasteiger partial charge < -0.3 is 0 Å². The molecule has 2 fully saturated rings. The van der Waals surface area contributed by atoms with Gasteiger partial charge in [0.1, 0.15) is 0 Å². The maximum atomic E-state index is 12.8. The highest BCUT2D eigenvalue weighted by atomic mass is 35.5. The number of carbonyl (C=O) groups excluding carboxylic acids is 2. The molecule has 0 N–H and O–H groups in total. The molecule has 0 bridgehead atoms. The Bertz CT molecular complexity index is 702. The van der Waals surface area contributed by atoms with Crippen molar-refractivity contribution in [3.63, 3.8) is 0 Å². The summed E-state index contributed by atoms with van der Waals surface area (Å²) in [5.74, 6) is 0.986. The van der Waals surface area contributed by atoms with Gasteiger partial charge in [-0.05, 0) is 19.5 Å². The van der Waals surface area contributed by atoms with Crippen LogP contribution in [0.15, 0.2) is 16.1 Å². The van der Waals surface area contributed by atoms with Crippen LogP contribution in [0.1, 0.15) is 13.8 Å². The summed E-state index contributed by atoms with van der Waals surface area (Å²) in [6.07, 6.45) is 1.87. The molecule has 3 heterocycles. The van der Waals surface area contributed by atoms with Crippen LogP contribution < -0.4 is 0 Å². The molecule has 0 radical (unpaired) electrons. The normalized spacial score (nSPS) is 25.3. The van der Waals surface area contributed by atoms with Gasteiger partial charge in [0.2, 0.25) is 11.9 Å². The van der Waals surface area contributed by atoms with Crippen LogP contribution in [-0.2, 0) is 4.79 Å². The van der Waals surface area contributed by atoms with Gasteiger partial charge in [-0.1, -0.05) is 23.5 Å². The van der Waals surface area contributed by atoms with Gasteiger partial charge in [0.15, 0.2) is 0 Å². The van der Waals surface area contributed by atoms with E-state index in [0.29, 0.717) is 17.4 Å². The third kappa shape index (κ3) is 3.23. The van der Waals surface area contributed by atoms with Crippen molar-refractivity contribution in [3.8, 4) is 0 Å². The number of rotatable bonds is 3. The molecule has 8 nitrogen and oxygen atoms in total. The number of hydrogen-bond acceptors (Lipinski definition) is 3. The van der Waals surface area contributed by atoms with Crippen molar-refractivity contribution in [1.29, 1.82) is 0 Å². The van der Waals surface area contributed by atoms with Crippen molar-refractivity contribution in [1.82, 2.24) is 19.6 Å². The second-order valence-electron chi connectivity index (χ2n) is 6.78. The summed E-state index contributed by atoms with van der Waals surface area (Å²) in [4.78, 5) is 36.8. The number of allylic oxidation sites excluding steroid dienone is 1. The minimum absolute atomic E-state index is 0.255. The molecule has 142 valence electrons. The van der Waals surface area contributed by atoms with Crippen molar-refractivity contribution in [2.45, 2.75) is 19.9 Å². The molecule has 3 aliphatic heterocycles. The number of fused-ring (bicyclic) bond motifs is 1. The van der Waals surface area contributed by atoms with E-state index in [2.05, 4.69) is 16.4 Å². The van der Waals surface area contributed by atoms with E-state index in [1.807, 2.05) is 17.9 Å². The number of carbonyl (C=O) groups is 2. The summed E-state index contributed by atoms with van der Waals surface area (Å²) in [5.41, 5.74) is 0. The maximum Gasteiger partial charge on any atom is 0.392 e. The number of aliphatic imine (C=N–C) groups is 1. The van der Waals surface area contributed by atoms with Crippen LogP contribution in [0.5, 0.6) is 0 Å². The molecule has 3 amide bonds. The lowest BCUT2D eigenvalue weighted by Gasteiger charge is -2.33. The standard InChI is InChI=1S/C17H26ClN6O2/c1-5-22-8-10-23(11-9-22)16-19-14-13(24(16)7-6-12(2)18)15(25)21(4)17(26)20(14)3/h6,13H,5,7-11H2,1-4H3/q+1/b12-6-. The van der Waals surface area contributed by atoms with E-state index >= 15 is 0 Å². The lowest BCUT2D eigenvalue weighted by molar-refractivity contribution is -0.544. The summed E-state index contributed by atoms with van der Waals surface area (Å²) in [6, 6.07) is -0.944. The summed E-state index contributed by atoms with van der Waals surface area (Å²) in [6.45, 7) is 9.05. The van der Waals surface area contributed by atoms with Crippen LogP contribution in [0.25, 0.3) is 0 Å². The van der Waals surface area contributed by atoms with Crippen molar-refractivity contribution < 1.29 is 14.2 Å². The number of nitrogens with zero attached hydrogens (tertiary/aromatic N) is 6. The van der Waals surface area contributed by atoms with Crippen molar-refractivity contribution in [2.75, 3.05) is 53.4 Å². The number of imide groups is 1. The topological polar surface area (TPSA) is 62.5 Å². The first-order chi connectivity index (χ1) is 12.3. The van der Waals surface area contributed by atoms with Crippen LogP contribution in [-0.4, -0.2) is 107 Å². The first-order valence-corrected chi connectivity index (χ1v) is 9.30. The molecule has 0 aliphatic carbocycles. The number of likely N-dealkylation sites (N-methyl/N-ethyl adjacent to an activating group) is 3. The lowest BCUT2D eigenvalue weighted by atomic mass is 10.1. The van der Waals surface area contributed by atoms with Crippen molar-refractivity contribution in [3.05, 3.63) is 11.1 Å². The first kappa shape index (κ1) is 18.8. The second-order valence-corrected chi connectivity index (χ2v) is 7.37. The van der Waals surface area contributed by atoms with E-state index in [-0.39, 0.29) is 11.9 Å². The van der Waals surface area contributed by atoms with Crippen molar-refractivity contribution >= 4 is 35.3 Å². The molecule has 3 rings (SSSR count). The van der Waals surface area contributed by atoms with Gasteiger partial charge >= 0.3 is 12.0 Å². The Labute approximate surface area is 159 Å². The molecule has 3 aliphatic rings. The van der Waals surface area contributed by atoms with Gasteiger partial charge in [0.05, 0.1) is 19.6 Å². The molecule has 26 heavy (non-hydrogen) atoms. The van der Waals surface area contributed by atoms with Crippen LogP contribution in [0, 0.1) is 0 Å². The van der Waals surface area contributed by atoms with Gasteiger partial charge in [0.25, 0.3) is 5.91 Å². The zero-order chi connectivity index (χ0) is 19.0. The Balaban J connectivity index is 1.99. The maximum absolute atomic E-state index is 12.8. The molecule has 1 unspecified atom stereocenters. The molecule has 0 saturated carbocycles. The Hall–Kier alpha value is -1.93. The van der Waals surface area contributed by atoms with Crippen LogP contribution >= 0.6 is 11.6 Å². The summed E-state index contributed by atoms with van der Waals surface area (Å²) >= 11 is 6.03. The van der Waals surface area contributed by atoms with E-state index in [9.17, 15) is 9.59 Å². The highest BCUT2D eigenvalue weighted by molar-refractivity contribution is 6.29. The largest absolute Gasteiger partial charge is 0.392 e. The SMILES string of the molecule is CCN1CC[N+](=C2N=C3C(C(=O)N(C)C(=O)N3C)N2C/C=C(/C)Cl)CC1. The second kappa shape index (κ2) is 7.36. The fourth-order valence-corrected chi connectivity index (χ4v) is 3.58. The highest BCUT2D eigenvalue weighted by Gasteiger charge is 2.55. The quantitative estimate of drug-likeness (QED) is 0.665. The summed E-state index contributed by atoms with van der Waals surface area (Å²) in [5, 5.41) is 0.662. The average molecular weight is 382 g/mol. The van der Waals surface area contributed by atoms with Gasteiger partial charge in [0, 0.05) is 32.2 Å². The van der Waals surface area contributed by atoms with Gasteiger partial charge in [-0.3, -0.25) is 24.1 Å². The first-order valence-electron chi connectivity index (χ1n) is 8.92. The fourth-order valence-electron chi connectivity index (χ4n) is 3.51. The van der Waals surface area contributed by atoms with Gasteiger partial charge in [-0.2, -0.15) is 0 Å². The molecular weight excluding hydrogens is 356 g/mol. The smallest absolute Gasteiger partial charge is 0.297 e. The van der Waals surface area contributed by atoms with Crippen LogP contribution in [0.2, 0.25) is 0 Å². The Kier molecular flexibility index (Phi) is 5.34. The molecule has 2 saturated heterocycles. The third-order valence-electron chi connectivity index (χ3n) is 5.18. The van der Waals surface area contributed by atoms with Crippen LogP contribution in [0.3, 0.4) is 0 Å². The average Bonchev–Trinajstić information content (AvgIpc) is 3.02. The van der Waals surface area contributed by atoms with E-state index in [1.165, 1.54) is 11.9 Å². The fraction of sp³-hybridized carbons (Fsp3) is 0.647. The molecule has 0 spiro atoms. The Morgan fingerprint density at radius 1 is 1.27 bits per heavy atom. The van der Waals surface area contributed by atoms with Gasteiger partial charge in [-0.25, -0.2) is 9.69 Å². The number of guanidine groups is 1. The molecule has 0 aromatic rings. The highest BCUT2D eigenvalue weighted by Crippen LogP contribution is 2.23. The van der Waals surface area contributed by atoms with Crippen molar-refractivity contribution in [2.24, 2.45) is 4.99 Å². The zero-order valence-electron chi connectivity index (χ0n) is 15.8. The molecule has 0 aromatic carbocycles. The minimum atomic E-state index is -0.589. The number of urea groups is 1. The van der Waals surface area contributed by atoms with E-state index < -0.39 is 6.04 Å². The zero-order valence-corrected chi connectivity index (χ0v) is 16.5. The monoisotopic (exact) mass is 381 g/mol. The predicted octanol–water partition coefficient (Wildman–Crippen LogP) is 0.440. The van der Waals surface area contributed by atoms with E-state index in [4.69, 9.17) is 16.6 Å². The minimum Gasteiger partial charge on any atom is -0.297 e. The third-order valence-corrected chi connectivity index (χ3v) is 5.34. The number of halogens is 1. The summed E-state index contributed by atoms with van der Waals surface area (Å²) in [7, 11) is 3.17. The number of piperazine rings is 1. The number of amides is 3. The Morgan fingerprint density at radius 2 is 1.92 bits per heavy atom. The molecule has 9 heteroatoms. The Morgan fingerprint density at radius 3 is 2.50 bits per heavy atom. The number of hydrogen-bond donors (Lipinski definition) is 0. The van der Waals surface area contributed by atoms with Crippen LogP contribution in [0.4, 0.5) is 4.79 Å². The predicted molar refractivity (Wildman–Crippen MR) is 101 cm³/mol. The van der Waals surface area contributed by atoms with E-state index in [1.54, 1.807) is 7.05 Å². The summed E-state index contributed by atoms with van der Waals surface area (Å²) < 4.78 is 2.19. The van der Waals surface area contributed by atoms with Gasteiger partial charge in [-0.15, -0.1) is 0 Å². The van der Waals surface area contributed by atoms with E-state index in [0.717, 1.165) is 43.6 Å². The number of amidine groups is 1. The molecule has 0 aromatic heterocycles. The molecule has 1 atom stereocenters. The molecular formula is C17H26ClN6O2+. The lowest BCUT2D eigenvalue weighted by Crippen LogP contribution is -2.63.